The monoisotopic (exact) mass is 452 g/mol. The molecule has 0 spiro atoms. The van der Waals surface area contributed by atoms with Gasteiger partial charge in [0, 0.05) is 24.4 Å². The largest absolute Gasteiger partial charge is 0.452 e. The summed E-state index contributed by atoms with van der Waals surface area (Å²) in [6.45, 7) is 6.24. The highest BCUT2D eigenvalue weighted by molar-refractivity contribution is 7.99. The zero-order chi connectivity index (χ0) is 22.9. The van der Waals surface area contributed by atoms with Crippen LogP contribution >= 0.6 is 11.8 Å². The first kappa shape index (κ1) is 23.6. The molecule has 32 heavy (non-hydrogen) atoms. The van der Waals surface area contributed by atoms with Gasteiger partial charge >= 0.3 is 5.97 Å². The summed E-state index contributed by atoms with van der Waals surface area (Å²) in [5, 5.41) is 3.92. The minimum Gasteiger partial charge on any atom is -0.452 e. The second kappa shape index (κ2) is 11.5. The first-order chi connectivity index (χ1) is 15.4. The lowest BCUT2D eigenvalue weighted by molar-refractivity contribution is -0.157. The van der Waals surface area contributed by atoms with E-state index in [9.17, 15) is 9.59 Å². The Bertz CT molecular complexity index is 960. The molecular weight excluding hydrogens is 424 g/mol. The maximum absolute atomic E-state index is 13.2. The lowest BCUT2D eigenvalue weighted by Crippen LogP contribution is -2.39. The van der Waals surface area contributed by atoms with Crippen LogP contribution in [0, 0.1) is 13.8 Å². The minimum absolute atomic E-state index is 0.152. The van der Waals surface area contributed by atoms with Gasteiger partial charge in [-0.05, 0) is 31.9 Å². The van der Waals surface area contributed by atoms with Crippen molar-refractivity contribution in [3.8, 4) is 0 Å². The van der Waals surface area contributed by atoms with E-state index in [0.29, 0.717) is 18.8 Å². The summed E-state index contributed by atoms with van der Waals surface area (Å²) in [5.41, 5.74) is 3.85. The predicted octanol–water partition coefficient (Wildman–Crippen LogP) is 4.69. The van der Waals surface area contributed by atoms with Crippen molar-refractivity contribution in [2.45, 2.75) is 45.7 Å². The molecule has 3 aromatic rings. The Morgan fingerprint density at radius 2 is 1.56 bits per heavy atom. The average molecular weight is 453 g/mol. The molecule has 0 bridgehead atoms. The molecule has 1 aromatic heterocycles. The molecule has 0 aliphatic rings. The highest BCUT2D eigenvalue weighted by Crippen LogP contribution is 2.20. The molecule has 1 amide bonds. The van der Waals surface area contributed by atoms with Crippen molar-refractivity contribution in [3.05, 3.63) is 88.8 Å². The predicted molar refractivity (Wildman–Crippen MR) is 125 cm³/mol. The zero-order valence-electron chi connectivity index (χ0n) is 18.6. The van der Waals surface area contributed by atoms with Gasteiger partial charge in [0.2, 0.25) is 0 Å². The maximum atomic E-state index is 13.2. The molecule has 6 nitrogen and oxygen atoms in total. The third-order valence-corrected chi connectivity index (χ3v) is 5.98. The normalized spacial score (nSPS) is 11.7. The number of hydrogen-bond donors (Lipinski definition) is 0. The summed E-state index contributed by atoms with van der Waals surface area (Å²) in [6.07, 6.45) is -0.866. The van der Waals surface area contributed by atoms with Crippen LogP contribution in [0.4, 0.5) is 0 Å². The van der Waals surface area contributed by atoms with E-state index < -0.39 is 12.1 Å². The summed E-state index contributed by atoms with van der Waals surface area (Å²) in [7, 11) is 0. The zero-order valence-corrected chi connectivity index (χ0v) is 19.4. The third-order valence-electron chi connectivity index (χ3n) is 5.05. The number of aryl methyl sites for hydroxylation is 2. The number of ether oxygens (including phenoxy) is 1. The standard InChI is InChI=1S/C25H28N2O4S/c1-18-23(19(2)31-26-18)16-32-17-24(28)30-20(3)25(29)27(14-21-10-6-4-7-11-21)15-22-12-8-5-9-13-22/h4-13,20H,14-17H2,1-3H3. The summed E-state index contributed by atoms with van der Waals surface area (Å²) in [4.78, 5) is 27.2. The highest BCUT2D eigenvalue weighted by Gasteiger charge is 2.24. The Kier molecular flexibility index (Phi) is 8.50. The fourth-order valence-electron chi connectivity index (χ4n) is 3.30. The van der Waals surface area contributed by atoms with Gasteiger partial charge in [0.1, 0.15) is 5.76 Å². The van der Waals surface area contributed by atoms with Gasteiger partial charge in [-0.25, -0.2) is 0 Å². The molecule has 0 fully saturated rings. The number of carbonyl (C=O) groups is 2. The molecule has 0 saturated heterocycles. The van der Waals surface area contributed by atoms with Crippen molar-refractivity contribution < 1.29 is 18.8 Å². The number of rotatable bonds is 10. The van der Waals surface area contributed by atoms with Gasteiger partial charge in [-0.15, -0.1) is 11.8 Å². The maximum Gasteiger partial charge on any atom is 0.316 e. The van der Waals surface area contributed by atoms with Crippen LogP contribution in [0.15, 0.2) is 65.2 Å². The number of hydrogen-bond acceptors (Lipinski definition) is 6. The fraction of sp³-hybridized carbons (Fsp3) is 0.320. The quantitative estimate of drug-likeness (QED) is 0.416. The minimum atomic E-state index is -0.866. The number of esters is 1. The van der Waals surface area contributed by atoms with E-state index in [1.54, 1.807) is 11.8 Å². The van der Waals surface area contributed by atoms with Gasteiger partial charge in [0.05, 0.1) is 11.4 Å². The Balaban J connectivity index is 1.58. The van der Waals surface area contributed by atoms with Crippen LogP contribution in [-0.4, -0.2) is 33.8 Å². The smallest absolute Gasteiger partial charge is 0.316 e. The van der Waals surface area contributed by atoms with Crippen molar-refractivity contribution in [2.24, 2.45) is 0 Å². The summed E-state index contributed by atoms with van der Waals surface area (Å²) < 4.78 is 10.6. The second-order valence-corrected chi connectivity index (χ2v) is 8.58. The molecular formula is C25H28N2O4S. The van der Waals surface area contributed by atoms with Crippen molar-refractivity contribution >= 4 is 23.6 Å². The van der Waals surface area contributed by atoms with Gasteiger partial charge < -0.3 is 14.2 Å². The average Bonchev–Trinajstić information content (AvgIpc) is 3.11. The Morgan fingerprint density at radius 3 is 2.06 bits per heavy atom. The molecule has 3 rings (SSSR count). The summed E-state index contributed by atoms with van der Waals surface area (Å²) in [6, 6.07) is 19.6. The number of carbonyl (C=O) groups excluding carboxylic acids is 2. The van der Waals surface area contributed by atoms with E-state index >= 15 is 0 Å². The number of nitrogens with zero attached hydrogens (tertiary/aromatic N) is 2. The van der Waals surface area contributed by atoms with Crippen molar-refractivity contribution in [1.82, 2.24) is 10.1 Å². The molecule has 7 heteroatoms. The van der Waals surface area contributed by atoms with E-state index in [1.807, 2.05) is 74.5 Å². The molecule has 168 valence electrons. The lowest BCUT2D eigenvalue weighted by Gasteiger charge is -2.26. The van der Waals surface area contributed by atoms with Crippen molar-refractivity contribution in [3.63, 3.8) is 0 Å². The summed E-state index contributed by atoms with van der Waals surface area (Å²) in [5.74, 6) is 0.874. The van der Waals surface area contributed by atoms with Gasteiger partial charge in [-0.1, -0.05) is 65.8 Å². The van der Waals surface area contributed by atoms with Crippen molar-refractivity contribution in [1.29, 1.82) is 0 Å². The fourth-order valence-corrected chi connectivity index (χ4v) is 4.26. The van der Waals surface area contributed by atoms with Crippen molar-refractivity contribution in [2.75, 3.05) is 5.75 Å². The second-order valence-electron chi connectivity index (χ2n) is 7.59. The van der Waals surface area contributed by atoms with Crippen LogP contribution in [0.25, 0.3) is 0 Å². The Hall–Kier alpha value is -3.06. The van der Waals surface area contributed by atoms with Crippen LogP contribution in [0.5, 0.6) is 0 Å². The van der Waals surface area contributed by atoms with Gasteiger partial charge in [0.25, 0.3) is 5.91 Å². The molecule has 0 aliphatic heterocycles. The van der Waals surface area contributed by atoms with E-state index in [1.165, 1.54) is 11.8 Å². The van der Waals surface area contributed by atoms with Crippen LogP contribution in [0.2, 0.25) is 0 Å². The van der Waals surface area contributed by atoms with E-state index in [4.69, 9.17) is 9.26 Å². The van der Waals surface area contributed by atoms with Crippen LogP contribution in [0.3, 0.4) is 0 Å². The number of amides is 1. The van der Waals surface area contributed by atoms with Crippen LogP contribution < -0.4 is 0 Å². The van der Waals surface area contributed by atoms with Crippen LogP contribution in [-0.2, 0) is 33.2 Å². The van der Waals surface area contributed by atoms with E-state index in [-0.39, 0.29) is 11.7 Å². The first-order valence-electron chi connectivity index (χ1n) is 10.5. The molecule has 0 radical (unpaired) electrons. The Labute approximate surface area is 192 Å². The Morgan fingerprint density at radius 1 is 1.00 bits per heavy atom. The topological polar surface area (TPSA) is 72.6 Å². The van der Waals surface area contributed by atoms with Gasteiger partial charge in [-0.2, -0.15) is 0 Å². The number of benzene rings is 2. The molecule has 1 heterocycles. The molecule has 1 atom stereocenters. The highest BCUT2D eigenvalue weighted by atomic mass is 32.2. The van der Waals surface area contributed by atoms with Gasteiger partial charge in [-0.3, -0.25) is 9.59 Å². The summed E-state index contributed by atoms with van der Waals surface area (Å²) >= 11 is 1.42. The molecule has 1 unspecified atom stereocenters. The number of aromatic nitrogens is 1. The third kappa shape index (κ3) is 6.72. The first-order valence-corrected chi connectivity index (χ1v) is 11.6. The molecule has 2 aromatic carbocycles. The number of thioether (sulfide) groups is 1. The SMILES string of the molecule is Cc1noc(C)c1CSCC(=O)OC(C)C(=O)N(Cc1ccccc1)Cc1ccccc1. The lowest BCUT2D eigenvalue weighted by atomic mass is 10.1. The molecule has 0 saturated carbocycles. The molecule has 0 N–H and O–H groups in total. The van der Waals surface area contributed by atoms with Crippen LogP contribution in [0.1, 0.15) is 35.1 Å². The van der Waals surface area contributed by atoms with E-state index in [2.05, 4.69) is 5.16 Å². The van der Waals surface area contributed by atoms with E-state index in [0.717, 1.165) is 28.1 Å². The van der Waals surface area contributed by atoms with Gasteiger partial charge in [0.15, 0.2) is 6.10 Å². The molecule has 0 aliphatic carbocycles.